The highest BCUT2D eigenvalue weighted by Crippen LogP contribution is 2.20. The molecule has 1 aromatic carbocycles. The molecule has 0 aliphatic carbocycles. The van der Waals surface area contributed by atoms with Crippen molar-refractivity contribution in [2.75, 3.05) is 5.73 Å². The minimum atomic E-state index is -0.421. The van der Waals surface area contributed by atoms with Gasteiger partial charge < -0.3 is 10.5 Å². The lowest BCUT2D eigenvalue weighted by Crippen LogP contribution is -2.14. The number of nitrogens with zero attached hydrogens (tertiary/aromatic N) is 2. The molecule has 1 atom stereocenters. The first-order valence-corrected chi connectivity index (χ1v) is 6.48. The molecular weight excluding hydrogens is 266 g/mol. The van der Waals surface area contributed by atoms with Gasteiger partial charge in [0.1, 0.15) is 18.4 Å². The van der Waals surface area contributed by atoms with Crippen LogP contribution >= 0.6 is 0 Å². The van der Waals surface area contributed by atoms with Gasteiger partial charge in [-0.3, -0.25) is 4.79 Å². The fraction of sp³-hybridized carbons (Fsp3) is 0.188. The highest BCUT2D eigenvalue weighted by atomic mass is 16.5. The summed E-state index contributed by atoms with van der Waals surface area (Å²) in [6, 6.07) is 12.5. The number of ether oxygens (including phenoxy) is 1. The highest BCUT2D eigenvalue weighted by molar-refractivity contribution is 5.78. The molecule has 0 bridgehead atoms. The van der Waals surface area contributed by atoms with Gasteiger partial charge in [-0.05, 0) is 30.7 Å². The number of nitriles is 1. The third kappa shape index (κ3) is 3.57. The van der Waals surface area contributed by atoms with E-state index in [2.05, 4.69) is 4.98 Å². The molecule has 0 aliphatic heterocycles. The lowest BCUT2D eigenvalue weighted by atomic mass is 10.0. The van der Waals surface area contributed by atoms with Crippen molar-refractivity contribution in [3.05, 3.63) is 59.4 Å². The molecule has 1 aromatic heterocycles. The Labute approximate surface area is 123 Å². The molecule has 21 heavy (non-hydrogen) atoms. The van der Waals surface area contributed by atoms with Crippen molar-refractivity contribution in [3.63, 3.8) is 0 Å². The number of aromatic nitrogens is 1. The topological polar surface area (TPSA) is 89.0 Å². The van der Waals surface area contributed by atoms with Crippen molar-refractivity contribution in [2.24, 2.45) is 0 Å². The Kier molecular flexibility index (Phi) is 4.52. The van der Waals surface area contributed by atoms with Gasteiger partial charge in [0.05, 0.1) is 5.92 Å². The number of carbonyl (C=O) groups is 1. The number of hydrogen-bond donors (Lipinski definition) is 1. The second-order valence-electron chi connectivity index (χ2n) is 4.62. The summed E-state index contributed by atoms with van der Waals surface area (Å²) in [4.78, 5) is 16.0. The normalized spacial score (nSPS) is 11.4. The maximum absolute atomic E-state index is 12.1. The molecule has 0 radical (unpaired) electrons. The minimum absolute atomic E-state index is 0.0300. The third-order valence-corrected chi connectivity index (χ3v) is 3.13. The molecule has 2 aromatic rings. The molecule has 0 fully saturated rings. The smallest absolute Gasteiger partial charge is 0.313 e. The van der Waals surface area contributed by atoms with E-state index in [-0.39, 0.29) is 18.3 Å². The van der Waals surface area contributed by atoms with Crippen molar-refractivity contribution in [1.82, 2.24) is 4.98 Å². The summed E-state index contributed by atoms with van der Waals surface area (Å²) in [5, 5.41) is 8.93. The summed E-state index contributed by atoms with van der Waals surface area (Å²) in [6.07, 6.45) is 1.53. The number of benzene rings is 1. The number of hydrogen-bond acceptors (Lipinski definition) is 5. The van der Waals surface area contributed by atoms with Gasteiger partial charge in [-0.15, -0.1) is 0 Å². The van der Waals surface area contributed by atoms with Gasteiger partial charge in [0, 0.05) is 17.4 Å². The molecule has 0 amide bonds. The molecule has 0 saturated carbocycles. The lowest BCUT2D eigenvalue weighted by Gasteiger charge is -2.12. The van der Waals surface area contributed by atoms with Crippen molar-refractivity contribution in [3.8, 4) is 6.07 Å². The monoisotopic (exact) mass is 281 g/mol. The summed E-state index contributed by atoms with van der Waals surface area (Å²) >= 11 is 0. The van der Waals surface area contributed by atoms with Crippen molar-refractivity contribution < 1.29 is 9.53 Å². The Morgan fingerprint density at radius 3 is 2.95 bits per heavy atom. The first kappa shape index (κ1) is 14.5. The van der Waals surface area contributed by atoms with Crippen LogP contribution in [0.3, 0.4) is 0 Å². The van der Waals surface area contributed by atoms with E-state index < -0.39 is 5.92 Å². The van der Waals surface area contributed by atoms with Crippen LogP contribution in [0, 0.1) is 11.3 Å². The average molecular weight is 281 g/mol. The number of esters is 1. The van der Waals surface area contributed by atoms with Gasteiger partial charge in [-0.1, -0.05) is 18.2 Å². The molecule has 1 heterocycles. The standard InChI is InChI=1S/C16H15N3O2/c1-11(12-4-2-6-14(18)8-12)16(20)21-10-13-5-3-7-19-15(13)9-17/h2-8,11H,10,18H2,1H3. The second kappa shape index (κ2) is 6.53. The Morgan fingerprint density at radius 1 is 1.43 bits per heavy atom. The first-order valence-electron chi connectivity index (χ1n) is 6.48. The predicted molar refractivity (Wildman–Crippen MR) is 78.0 cm³/mol. The van der Waals surface area contributed by atoms with E-state index in [1.807, 2.05) is 12.1 Å². The largest absolute Gasteiger partial charge is 0.460 e. The van der Waals surface area contributed by atoms with Crippen LogP contribution in [-0.4, -0.2) is 11.0 Å². The predicted octanol–water partition coefficient (Wildman–Crippen LogP) is 2.38. The van der Waals surface area contributed by atoms with Gasteiger partial charge in [-0.2, -0.15) is 5.26 Å². The van der Waals surface area contributed by atoms with E-state index in [9.17, 15) is 4.79 Å². The Morgan fingerprint density at radius 2 is 2.24 bits per heavy atom. The van der Waals surface area contributed by atoms with E-state index in [1.165, 1.54) is 6.20 Å². The number of pyridine rings is 1. The fourth-order valence-electron chi connectivity index (χ4n) is 1.89. The molecule has 2 N–H and O–H groups in total. The quantitative estimate of drug-likeness (QED) is 0.686. The maximum atomic E-state index is 12.1. The molecule has 2 rings (SSSR count). The summed E-state index contributed by atoms with van der Waals surface area (Å²) in [5.41, 5.74) is 7.96. The maximum Gasteiger partial charge on any atom is 0.313 e. The first-order chi connectivity index (χ1) is 10.1. The zero-order chi connectivity index (χ0) is 15.2. The summed E-state index contributed by atoms with van der Waals surface area (Å²) in [5.74, 6) is -0.788. The minimum Gasteiger partial charge on any atom is -0.460 e. The van der Waals surface area contributed by atoms with Crippen LogP contribution in [0.15, 0.2) is 42.6 Å². The van der Waals surface area contributed by atoms with E-state index in [1.54, 1.807) is 37.3 Å². The fourth-order valence-corrected chi connectivity index (χ4v) is 1.89. The van der Waals surface area contributed by atoms with Gasteiger partial charge in [-0.25, -0.2) is 4.98 Å². The molecule has 0 spiro atoms. The molecular formula is C16H15N3O2. The SMILES string of the molecule is CC(C(=O)OCc1cccnc1C#N)c1cccc(N)c1. The molecule has 0 aliphatic rings. The van der Waals surface area contributed by atoms with Gasteiger partial charge >= 0.3 is 5.97 Å². The average Bonchev–Trinajstić information content (AvgIpc) is 2.52. The van der Waals surface area contributed by atoms with E-state index in [0.717, 1.165) is 5.56 Å². The van der Waals surface area contributed by atoms with Crippen LogP contribution in [0.2, 0.25) is 0 Å². The molecule has 5 nitrogen and oxygen atoms in total. The van der Waals surface area contributed by atoms with Crippen LogP contribution in [0.5, 0.6) is 0 Å². The van der Waals surface area contributed by atoms with Crippen LogP contribution in [0.25, 0.3) is 0 Å². The van der Waals surface area contributed by atoms with E-state index >= 15 is 0 Å². The summed E-state index contributed by atoms with van der Waals surface area (Å²) < 4.78 is 5.26. The number of anilines is 1. The zero-order valence-electron chi connectivity index (χ0n) is 11.6. The zero-order valence-corrected chi connectivity index (χ0v) is 11.6. The number of nitrogen functional groups attached to an aromatic ring is 1. The number of nitrogens with two attached hydrogens (primary N) is 1. The van der Waals surface area contributed by atoms with Crippen LogP contribution in [-0.2, 0) is 16.1 Å². The molecule has 106 valence electrons. The number of rotatable bonds is 4. The van der Waals surface area contributed by atoms with Crippen molar-refractivity contribution in [2.45, 2.75) is 19.4 Å². The Balaban J connectivity index is 2.03. The Bertz CT molecular complexity index is 692. The Hall–Kier alpha value is -2.87. The van der Waals surface area contributed by atoms with Crippen molar-refractivity contribution in [1.29, 1.82) is 5.26 Å². The van der Waals surface area contributed by atoms with E-state index in [0.29, 0.717) is 11.3 Å². The van der Waals surface area contributed by atoms with Crippen molar-refractivity contribution >= 4 is 11.7 Å². The molecule has 0 saturated heterocycles. The molecule has 1 unspecified atom stereocenters. The van der Waals surface area contributed by atoms with Gasteiger partial charge in [0.15, 0.2) is 0 Å². The van der Waals surface area contributed by atoms with Crippen LogP contribution in [0.1, 0.15) is 29.7 Å². The number of carbonyl (C=O) groups excluding carboxylic acids is 1. The van der Waals surface area contributed by atoms with Crippen LogP contribution < -0.4 is 5.73 Å². The van der Waals surface area contributed by atoms with Gasteiger partial charge in [0.2, 0.25) is 0 Å². The van der Waals surface area contributed by atoms with Crippen LogP contribution in [0.4, 0.5) is 5.69 Å². The summed E-state index contributed by atoms with van der Waals surface area (Å²) in [6.45, 7) is 1.79. The molecule has 5 heteroatoms. The summed E-state index contributed by atoms with van der Waals surface area (Å²) in [7, 11) is 0. The van der Waals surface area contributed by atoms with Gasteiger partial charge in [0.25, 0.3) is 0 Å². The van der Waals surface area contributed by atoms with E-state index in [4.69, 9.17) is 15.7 Å². The highest BCUT2D eigenvalue weighted by Gasteiger charge is 2.17. The third-order valence-electron chi connectivity index (χ3n) is 3.13. The second-order valence-corrected chi connectivity index (χ2v) is 4.62. The lowest BCUT2D eigenvalue weighted by molar-refractivity contribution is -0.146.